The van der Waals surface area contributed by atoms with Gasteiger partial charge < -0.3 is 4.74 Å². The summed E-state index contributed by atoms with van der Waals surface area (Å²) in [5.41, 5.74) is 2.83. The van der Waals surface area contributed by atoms with Gasteiger partial charge in [0, 0.05) is 18.9 Å². The molecule has 4 saturated carbocycles. The average Bonchev–Trinajstić information content (AvgIpc) is 2.82. The van der Waals surface area contributed by atoms with Crippen LogP contribution in [0.2, 0.25) is 0 Å². The van der Waals surface area contributed by atoms with E-state index in [-0.39, 0.29) is 17.1 Å². The highest BCUT2D eigenvalue weighted by molar-refractivity contribution is 5.66. The molecule has 7 rings (SSSR count). The van der Waals surface area contributed by atoms with Gasteiger partial charge in [-0.05, 0) is 60.6 Å². The highest BCUT2D eigenvalue weighted by Crippen LogP contribution is 2.60. The molecule has 0 aromatic heterocycles. The highest BCUT2D eigenvalue weighted by atomic mass is 16.6. The summed E-state index contributed by atoms with van der Waals surface area (Å²) in [5, 5.41) is 4.33. The highest BCUT2D eigenvalue weighted by Gasteiger charge is 2.61. The second kappa shape index (κ2) is 8.09. The smallest absolute Gasteiger partial charge is 0.303 e. The van der Waals surface area contributed by atoms with E-state index in [1.54, 1.807) is 6.92 Å². The van der Waals surface area contributed by atoms with Gasteiger partial charge in [0.2, 0.25) is 0 Å². The molecule has 174 valence electrons. The lowest BCUT2D eigenvalue weighted by atomic mass is 9.50. The van der Waals surface area contributed by atoms with Crippen molar-refractivity contribution in [3.63, 3.8) is 0 Å². The lowest BCUT2D eigenvalue weighted by Gasteiger charge is -2.63. The lowest BCUT2D eigenvalue weighted by molar-refractivity contribution is -0.191. The van der Waals surface area contributed by atoms with Crippen molar-refractivity contribution in [3.05, 3.63) is 108 Å². The quantitative estimate of drug-likeness (QED) is 0.357. The molecule has 0 spiro atoms. The Morgan fingerprint density at radius 2 is 1.21 bits per heavy atom. The Labute approximate surface area is 202 Å². The second-order valence-corrected chi connectivity index (χ2v) is 11.0. The Morgan fingerprint density at radius 3 is 1.62 bits per heavy atom. The summed E-state index contributed by atoms with van der Waals surface area (Å²) < 4.78 is 6.13. The van der Waals surface area contributed by atoms with Crippen LogP contribution in [0.5, 0.6) is 0 Å². The van der Waals surface area contributed by atoms with Crippen LogP contribution in [0.3, 0.4) is 0 Å². The molecule has 0 amide bonds. The Bertz CT molecular complexity index is 1050. The van der Waals surface area contributed by atoms with Crippen molar-refractivity contribution in [3.8, 4) is 0 Å². The third kappa shape index (κ3) is 3.58. The first-order chi connectivity index (χ1) is 16.5. The van der Waals surface area contributed by atoms with E-state index >= 15 is 0 Å². The van der Waals surface area contributed by atoms with Crippen LogP contribution in [0.25, 0.3) is 0 Å². The van der Waals surface area contributed by atoms with Crippen LogP contribution in [0.4, 0.5) is 0 Å². The first-order valence-electron chi connectivity index (χ1n) is 12.7. The van der Waals surface area contributed by atoms with E-state index in [0.717, 1.165) is 32.1 Å². The minimum Gasteiger partial charge on any atom is -0.459 e. The van der Waals surface area contributed by atoms with Crippen LogP contribution in [0.1, 0.15) is 62.1 Å². The Hall–Kier alpha value is -2.91. The van der Waals surface area contributed by atoms with Crippen LogP contribution in [0, 0.1) is 11.8 Å². The molecule has 3 aromatic rings. The molecule has 2 unspecified atom stereocenters. The molecule has 3 nitrogen and oxygen atoms in total. The van der Waals surface area contributed by atoms with E-state index in [1.165, 1.54) is 23.1 Å². The number of hydrogen-bond acceptors (Lipinski definition) is 3. The second-order valence-electron chi connectivity index (χ2n) is 11.0. The van der Waals surface area contributed by atoms with Crippen molar-refractivity contribution in [1.82, 2.24) is 5.32 Å². The molecule has 4 aliphatic carbocycles. The molecule has 3 heteroatoms. The van der Waals surface area contributed by atoms with Crippen molar-refractivity contribution in [2.24, 2.45) is 11.8 Å². The van der Waals surface area contributed by atoms with E-state index in [2.05, 4.69) is 96.3 Å². The van der Waals surface area contributed by atoms with Crippen LogP contribution in [-0.4, -0.2) is 17.1 Å². The molecule has 4 aliphatic rings. The normalized spacial score (nSPS) is 29.7. The topological polar surface area (TPSA) is 38.3 Å². The number of nitrogens with one attached hydrogen (secondary N) is 1. The molecular weight excluding hydrogens is 418 g/mol. The molecule has 0 heterocycles. The number of hydrogen-bond donors (Lipinski definition) is 1. The van der Waals surface area contributed by atoms with Gasteiger partial charge in [-0.3, -0.25) is 10.1 Å². The molecule has 34 heavy (non-hydrogen) atoms. The summed E-state index contributed by atoms with van der Waals surface area (Å²) >= 11 is 0. The summed E-state index contributed by atoms with van der Waals surface area (Å²) in [4.78, 5) is 12.1. The maximum atomic E-state index is 12.1. The molecular formula is C31H33NO2. The summed E-state index contributed by atoms with van der Waals surface area (Å²) in [5.74, 6) is 1.07. The van der Waals surface area contributed by atoms with E-state index < -0.39 is 5.54 Å². The molecule has 0 saturated heterocycles. The first-order valence-corrected chi connectivity index (χ1v) is 12.7. The largest absolute Gasteiger partial charge is 0.459 e. The fourth-order valence-electron chi connectivity index (χ4n) is 7.93. The molecule has 0 radical (unpaired) electrons. The van der Waals surface area contributed by atoms with Crippen LogP contribution < -0.4 is 5.32 Å². The van der Waals surface area contributed by atoms with E-state index in [1.807, 2.05) is 0 Å². The Balaban J connectivity index is 1.53. The van der Waals surface area contributed by atoms with Gasteiger partial charge in [0.15, 0.2) is 0 Å². The minimum absolute atomic E-state index is 0.0823. The third-order valence-corrected chi connectivity index (χ3v) is 8.44. The number of esters is 1. The fourth-order valence-corrected chi connectivity index (χ4v) is 7.93. The number of ether oxygens (including phenoxy) is 1. The molecule has 1 N–H and O–H groups in total. The van der Waals surface area contributed by atoms with Crippen molar-refractivity contribution < 1.29 is 9.53 Å². The summed E-state index contributed by atoms with van der Waals surface area (Å²) in [6.07, 6.45) is 6.47. The number of rotatable bonds is 6. The first kappa shape index (κ1) is 21.6. The zero-order chi connectivity index (χ0) is 23.2. The van der Waals surface area contributed by atoms with Gasteiger partial charge in [0.05, 0.1) is 5.54 Å². The molecule has 4 fully saturated rings. The summed E-state index contributed by atoms with van der Waals surface area (Å²) in [7, 11) is 0. The SMILES string of the molecule is CC(=O)OC12CC3CC(CC(NC(c4ccccc4)(c4ccccc4)c4ccccc4)(C3)C1)C2. The number of carbonyl (C=O) groups is 1. The van der Waals surface area contributed by atoms with Gasteiger partial charge in [-0.15, -0.1) is 0 Å². The van der Waals surface area contributed by atoms with E-state index in [9.17, 15) is 4.79 Å². The molecule has 2 atom stereocenters. The monoisotopic (exact) mass is 451 g/mol. The van der Waals surface area contributed by atoms with Crippen molar-refractivity contribution in [2.75, 3.05) is 0 Å². The van der Waals surface area contributed by atoms with Gasteiger partial charge in [-0.25, -0.2) is 0 Å². The fraction of sp³-hybridized carbons (Fsp3) is 0.387. The van der Waals surface area contributed by atoms with Gasteiger partial charge in [-0.2, -0.15) is 0 Å². The van der Waals surface area contributed by atoms with Gasteiger partial charge in [0.25, 0.3) is 0 Å². The summed E-state index contributed by atoms with van der Waals surface area (Å²) in [6.45, 7) is 1.57. The minimum atomic E-state index is -0.493. The molecule has 4 bridgehead atoms. The van der Waals surface area contributed by atoms with Crippen LogP contribution in [0.15, 0.2) is 91.0 Å². The predicted octanol–water partition coefficient (Wildman–Crippen LogP) is 6.22. The Kier molecular flexibility index (Phi) is 5.14. The van der Waals surface area contributed by atoms with Gasteiger partial charge in [-0.1, -0.05) is 91.0 Å². The average molecular weight is 452 g/mol. The zero-order valence-corrected chi connectivity index (χ0v) is 19.9. The molecule has 0 aliphatic heterocycles. The van der Waals surface area contributed by atoms with Gasteiger partial charge >= 0.3 is 5.97 Å². The maximum Gasteiger partial charge on any atom is 0.303 e. The van der Waals surface area contributed by atoms with Crippen LogP contribution >= 0.6 is 0 Å². The van der Waals surface area contributed by atoms with Crippen LogP contribution in [-0.2, 0) is 15.1 Å². The van der Waals surface area contributed by atoms with Gasteiger partial charge in [0.1, 0.15) is 5.60 Å². The van der Waals surface area contributed by atoms with E-state index in [4.69, 9.17) is 4.74 Å². The maximum absolute atomic E-state index is 12.1. The van der Waals surface area contributed by atoms with Crippen molar-refractivity contribution >= 4 is 5.97 Å². The van der Waals surface area contributed by atoms with Crippen molar-refractivity contribution in [1.29, 1.82) is 0 Å². The Morgan fingerprint density at radius 1 is 0.765 bits per heavy atom. The van der Waals surface area contributed by atoms with Crippen molar-refractivity contribution in [2.45, 2.75) is 62.1 Å². The number of carbonyl (C=O) groups excluding carboxylic acids is 1. The van der Waals surface area contributed by atoms with E-state index in [0.29, 0.717) is 11.8 Å². The molecule has 3 aromatic carbocycles. The third-order valence-electron chi connectivity index (χ3n) is 8.44. The summed E-state index contributed by atoms with van der Waals surface area (Å²) in [6, 6.07) is 32.6. The lowest BCUT2D eigenvalue weighted by Crippen LogP contribution is -2.69. The number of benzene rings is 3. The standard InChI is InChI=1S/C31H33NO2/c1-23(33)34-30-20-24-17-25(21-30)19-29(18-24,22-30)32-31(26-11-5-2-6-12-26,27-13-7-3-8-14-27)28-15-9-4-10-16-28/h2-16,24-25,32H,17-22H2,1H3. The zero-order valence-electron chi connectivity index (χ0n) is 19.9. The predicted molar refractivity (Wildman–Crippen MR) is 134 cm³/mol.